The van der Waals surface area contributed by atoms with E-state index in [1.165, 1.54) is 23.5 Å². The third-order valence-electron chi connectivity index (χ3n) is 3.67. The van der Waals surface area contributed by atoms with Gasteiger partial charge in [0.25, 0.3) is 0 Å². The van der Waals surface area contributed by atoms with Crippen LogP contribution in [-0.4, -0.2) is 17.7 Å². The highest BCUT2D eigenvalue weighted by molar-refractivity contribution is 7.14. The summed E-state index contributed by atoms with van der Waals surface area (Å²) in [5, 5.41) is 5.09. The van der Waals surface area contributed by atoms with Gasteiger partial charge in [-0.1, -0.05) is 12.1 Å². The smallest absolute Gasteiger partial charge is 0.231 e. The van der Waals surface area contributed by atoms with Crippen molar-refractivity contribution in [2.24, 2.45) is 0 Å². The number of thiazole rings is 1. The summed E-state index contributed by atoms with van der Waals surface area (Å²) in [4.78, 5) is 16.5. The van der Waals surface area contributed by atoms with Gasteiger partial charge in [-0.2, -0.15) is 0 Å². The lowest BCUT2D eigenvalue weighted by molar-refractivity contribution is -0.115. The van der Waals surface area contributed by atoms with Crippen LogP contribution in [0.5, 0.6) is 11.5 Å². The molecule has 4 rings (SSSR count). The fourth-order valence-corrected chi connectivity index (χ4v) is 3.25. The number of nitrogens with zero attached hydrogens (tertiary/aromatic N) is 1. The van der Waals surface area contributed by atoms with Crippen molar-refractivity contribution in [2.45, 2.75) is 6.42 Å². The predicted octanol–water partition coefficient (Wildman–Crippen LogP) is 3.86. The van der Waals surface area contributed by atoms with Gasteiger partial charge in [0.15, 0.2) is 16.6 Å². The number of nitrogens with one attached hydrogen (secondary N) is 1. The second kappa shape index (κ2) is 6.52. The van der Waals surface area contributed by atoms with Crippen molar-refractivity contribution in [3.63, 3.8) is 0 Å². The van der Waals surface area contributed by atoms with E-state index in [1.807, 2.05) is 23.6 Å². The lowest BCUT2D eigenvalue weighted by atomic mass is 10.1. The van der Waals surface area contributed by atoms with Crippen LogP contribution < -0.4 is 14.8 Å². The van der Waals surface area contributed by atoms with E-state index in [0.717, 1.165) is 11.3 Å². The summed E-state index contributed by atoms with van der Waals surface area (Å²) in [5.41, 5.74) is 2.24. The van der Waals surface area contributed by atoms with Gasteiger partial charge >= 0.3 is 0 Å². The van der Waals surface area contributed by atoms with Crippen LogP contribution in [0.4, 0.5) is 9.52 Å². The summed E-state index contributed by atoms with van der Waals surface area (Å²) in [6.45, 7) is 0.219. The summed E-state index contributed by atoms with van der Waals surface area (Å²) < 4.78 is 23.8. The summed E-state index contributed by atoms with van der Waals surface area (Å²) >= 11 is 1.33. The van der Waals surface area contributed by atoms with Crippen molar-refractivity contribution in [2.75, 3.05) is 12.1 Å². The Balaban J connectivity index is 1.45. The molecule has 25 heavy (non-hydrogen) atoms. The highest BCUT2D eigenvalue weighted by Crippen LogP contribution is 2.36. The first-order valence-corrected chi connectivity index (χ1v) is 8.45. The molecular weight excluding hydrogens is 343 g/mol. The van der Waals surface area contributed by atoms with Crippen molar-refractivity contribution in [1.82, 2.24) is 4.98 Å². The van der Waals surface area contributed by atoms with Gasteiger partial charge in [-0.05, 0) is 35.9 Å². The number of carbonyl (C=O) groups is 1. The number of halogens is 1. The number of rotatable bonds is 4. The SMILES string of the molecule is O=C(Cc1cccc(F)c1)Nc1nc(-c2ccc3c(c2)OCO3)cs1. The Morgan fingerprint density at radius 3 is 2.96 bits per heavy atom. The molecule has 2 aromatic carbocycles. The summed E-state index contributed by atoms with van der Waals surface area (Å²) in [6.07, 6.45) is 0.0939. The number of fused-ring (bicyclic) bond motifs is 1. The van der Waals surface area contributed by atoms with Crippen LogP contribution in [0.15, 0.2) is 47.8 Å². The van der Waals surface area contributed by atoms with E-state index >= 15 is 0 Å². The summed E-state index contributed by atoms with van der Waals surface area (Å²) in [6, 6.07) is 11.6. The van der Waals surface area contributed by atoms with Gasteiger partial charge in [0.1, 0.15) is 5.82 Å². The third kappa shape index (κ3) is 3.46. The van der Waals surface area contributed by atoms with Crippen molar-refractivity contribution < 1.29 is 18.7 Å². The topological polar surface area (TPSA) is 60.5 Å². The Morgan fingerprint density at radius 1 is 1.20 bits per heavy atom. The molecule has 0 spiro atoms. The third-order valence-corrected chi connectivity index (χ3v) is 4.43. The monoisotopic (exact) mass is 356 g/mol. The van der Waals surface area contributed by atoms with Gasteiger partial charge in [-0.3, -0.25) is 4.79 Å². The number of hydrogen-bond donors (Lipinski definition) is 1. The molecule has 0 bridgehead atoms. The Hall–Kier alpha value is -2.93. The second-order valence-corrected chi connectivity index (χ2v) is 6.32. The van der Waals surface area contributed by atoms with E-state index in [1.54, 1.807) is 12.1 Å². The molecule has 1 aliphatic heterocycles. The standard InChI is InChI=1S/C18H13FN2O3S/c19-13-3-1-2-11(6-13)7-17(22)21-18-20-14(9-25-18)12-4-5-15-16(8-12)24-10-23-15/h1-6,8-9H,7,10H2,(H,20,21,22). The molecular formula is C18H13FN2O3S. The van der Waals surface area contributed by atoms with Crippen molar-refractivity contribution in [1.29, 1.82) is 0 Å². The molecule has 0 saturated carbocycles. The number of carbonyl (C=O) groups excluding carboxylic acids is 1. The normalized spacial score (nSPS) is 12.2. The van der Waals surface area contributed by atoms with Crippen LogP contribution in [0.2, 0.25) is 0 Å². The van der Waals surface area contributed by atoms with Crippen LogP contribution >= 0.6 is 11.3 Å². The van der Waals surface area contributed by atoms with Crippen molar-refractivity contribution >= 4 is 22.4 Å². The molecule has 3 aromatic rings. The van der Waals surface area contributed by atoms with Gasteiger partial charge < -0.3 is 14.8 Å². The maximum Gasteiger partial charge on any atom is 0.231 e. The lowest BCUT2D eigenvalue weighted by Crippen LogP contribution is -2.14. The van der Waals surface area contributed by atoms with E-state index in [4.69, 9.17) is 9.47 Å². The van der Waals surface area contributed by atoms with Gasteiger partial charge in [0.2, 0.25) is 12.7 Å². The Kier molecular flexibility index (Phi) is 4.07. The first-order chi connectivity index (χ1) is 12.2. The van der Waals surface area contributed by atoms with E-state index in [9.17, 15) is 9.18 Å². The van der Waals surface area contributed by atoms with Crippen LogP contribution in [0.25, 0.3) is 11.3 Å². The summed E-state index contributed by atoms with van der Waals surface area (Å²) in [7, 11) is 0. The number of aromatic nitrogens is 1. The molecule has 7 heteroatoms. The lowest BCUT2D eigenvalue weighted by Gasteiger charge is -2.02. The first kappa shape index (κ1) is 15.6. The van der Waals surface area contributed by atoms with E-state index < -0.39 is 0 Å². The fourth-order valence-electron chi connectivity index (χ4n) is 2.52. The van der Waals surface area contributed by atoms with Crippen molar-refractivity contribution in [3.8, 4) is 22.8 Å². The minimum Gasteiger partial charge on any atom is -0.454 e. The molecule has 126 valence electrons. The molecule has 0 fully saturated rings. The minimum atomic E-state index is -0.357. The number of benzene rings is 2. The quantitative estimate of drug-likeness (QED) is 0.771. The molecule has 1 amide bonds. The number of hydrogen-bond acceptors (Lipinski definition) is 5. The average molecular weight is 356 g/mol. The zero-order valence-electron chi connectivity index (χ0n) is 13.0. The molecule has 1 aromatic heterocycles. The van der Waals surface area contributed by atoms with Crippen molar-refractivity contribution in [3.05, 3.63) is 59.2 Å². The Morgan fingerprint density at radius 2 is 2.08 bits per heavy atom. The van der Waals surface area contributed by atoms with Gasteiger partial charge in [0.05, 0.1) is 12.1 Å². The van der Waals surface area contributed by atoms with Gasteiger partial charge in [-0.15, -0.1) is 11.3 Å². The minimum absolute atomic E-state index is 0.0939. The summed E-state index contributed by atoms with van der Waals surface area (Å²) in [5.74, 6) is 0.798. The van der Waals surface area contributed by atoms with Crippen LogP contribution in [-0.2, 0) is 11.2 Å². The molecule has 0 unspecified atom stereocenters. The number of amides is 1. The fraction of sp³-hybridized carbons (Fsp3) is 0.111. The Labute approximate surface area is 147 Å². The molecule has 0 saturated heterocycles. The van der Waals surface area contributed by atoms with E-state index in [0.29, 0.717) is 22.2 Å². The largest absolute Gasteiger partial charge is 0.454 e. The van der Waals surface area contributed by atoms with Crippen LogP contribution in [0.1, 0.15) is 5.56 Å². The average Bonchev–Trinajstić information content (AvgIpc) is 3.23. The van der Waals surface area contributed by atoms with Gasteiger partial charge in [0, 0.05) is 10.9 Å². The molecule has 0 atom stereocenters. The molecule has 2 heterocycles. The highest BCUT2D eigenvalue weighted by atomic mass is 32.1. The van der Waals surface area contributed by atoms with Crippen LogP contribution in [0, 0.1) is 5.82 Å². The predicted molar refractivity (Wildman–Crippen MR) is 92.4 cm³/mol. The second-order valence-electron chi connectivity index (χ2n) is 5.46. The molecule has 5 nitrogen and oxygen atoms in total. The van der Waals surface area contributed by atoms with E-state index in [-0.39, 0.29) is 24.9 Å². The molecule has 0 radical (unpaired) electrons. The maximum atomic E-state index is 13.2. The maximum absolute atomic E-state index is 13.2. The highest BCUT2D eigenvalue weighted by Gasteiger charge is 2.15. The zero-order chi connectivity index (χ0) is 17.2. The number of anilines is 1. The number of ether oxygens (including phenoxy) is 2. The first-order valence-electron chi connectivity index (χ1n) is 7.57. The van der Waals surface area contributed by atoms with E-state index in [2.05, 4.69) is 10.3 Å². The van der Waals surface area contributed by atoms with Gasteiger partial charge in [-0.25, -0.2) is 9.37 Å². The molecule has 0 aliphatic carbocycles. The zero-order valence-corrected chi connectivity index (χ0v) is 13.8. The molecule has 1 aliphatic rings. The molecule has 1 N–H and O–H groups in total. The van der Waals surface area contributed by atoms with Crippen LogP contribution in [0.3, 0.4) is 0 Å². The Bertz CT molecular complexity index is 942.